The number of carbonyl (C=O) groups is 1. The summed E-state index contributed by atoms with van der Waals surface area (Å²) in [6, 6.07) is 6.35. The number of nitrogens with zero attached hydrogens (tertiary/aromatic N) is 4. The van der Waals surface area contributed by atoms with Gasteiger partial charge in [0.2, 0.25) is 0 Å². The van der Waals surface area contributed by atoms with E-state index in [1.54, 1.807) is 12.1 Å². The quantitative estimate of drug-likeness (QED) is 0.361. The van der Waals surface area contributed by atoms with Crippen molar-refractivity contribution in [3.63, 3.8) is 0 Å². The number of carboxylic acid groups (broad SMARTS) is 1. The first-order valence-corrected chi connectivity index (χ1v) is 13.8. The molecule has 0 amide bonds. The van der Waals surface area contributed by atoms with Crippen LogP contribution in [-0.4, -0.2) is 44.9 Å². The van der Waals surface area contributed by atoms with Crippen LogP contribution in [0.25, 0.3) is 11.3 Å². The topological polar surface area (TPSA) is 102 Å². The Morgan fingerprint density at radius 2 is 1.98 bits per heavy atom. The number of alkyl halides is 3. The van der Waals surface area contributed by atoms with Crippen LogP contribution in [0.4, 0.5) is 19.0 Å². The second-order valence-electron chi connectivity index (χ2n) is 11.3. The molecule has 212 valence electrons. The Morgan fingerprint density at radius 3 is 2.67 bits per heavy atom. The maximum atomic E-state index is 13.8. The van der Waals surface area contributed by atoms with Gasteiger partial charge in [-0.25, -0.2) is 9.78 Å². The van der Waals surface area contributed by atoms with E-state index in [9.17, 15) is 23.1 Å². The van der Waals surface area contributed by atoms with Crippen molar-refractivity contribution >= 4 is 11.8 Å². The van der Waals surface area contributed by atoms with Crippen LogP contribution in [-0.2, 0) is 17.5 Å². The fraction of sp³-hybridized carbons (Fsp3) is 0.517. The predicted octanol–water partition coefficient (Wildman–Crippen LogP) is 6.33. The number of rotatable bonds is 7. The molecule has 4 heterocycles. The number of hydrogen-bond donors (Lipinski definition) is 1. The molecule has 0 spiro atoms. The number of aromatic carboxylic acids is 1. The van der Waals surface area contributed by atoms with Crippen LogP contribution in [0.5, 0.6) is 0 Å². The minimum atomic E-state index is -4.62. The van der Waals surface area contributed by atoms with Gasteiger partial charge in [-0.2, -0.15) is 13.2 Å². The maximum absolute atomic E-state index is 13.8. The van der Waals surface area contributed by atoms with Crippen molar-refractivity contribution in [2.45, 2.75) is 76.3 Å². The largest absolute Gasteiger partial charge is 0.478 e. The zero-order valence-corrected chi connectivity index (χ0v) is 22.1. The average molecular weight is 557 g/mol. The first-order valence-electron chi connectivity index (χ1n) is 13.8. The normalized spacial score (nSPS) is 25.1. The highest BCUT2D eigenvalue weighted by molar-refractivity contribution is 5.87. The first-order chi connectivity index (χ1) is 19.2. The van der Waals surface area contributed by atoms with Gasteiger partial charge in [0.15, 0.2) is 5.69 Å². The van der Waals surface area contributed by atoms with Crippen LogP contribution in [0, 0.1) is 11.8 Å². The Kier molecular flexibility index (Phi) is 7.02. The molecule has 3 aliphatic rings. The summed E-state index contributed by atoms with van der Waals surface area (Å²) < 4.78 is 53.4. The second kappa shape index (κ2) is 10.5. The summed E-state index contributed by atoms with van der Waals surface area (Å²) in [7, 11) is 0. The zero-order valence-electron chi connectivity index (χ0n) is 22.1. The number of carboxylic acids is 1. The lowest BCUT2D eigenvalue weighted by molar-refractivity contribution is -0.140. The van der Waals surface area contributed by atoms with Gasteiger partial charge in [0, 0.05) is 42.0 Å². The lowest BCUT2D eigenvalue weighted by atomic mass is 9.77. The molecule has 1 saturated heterocycles. The fourth-order valence-electron chi connectivity index (χ4n) is 6.24. The van der Waals surface area contributed by atoms with E-state index in [1.165, 1.54) is 18.3 Å². The Hall–Kier alpha value is -3.47. The SMILES string of the molecule is C[C@@H]1CCN(c2ccc(C(=O)O)cn2)C2CC1C[C@@H](OCc1c(-c3cccnc3C(F)(F)F)noc1C1CC1)C2. The van der Waals surface area contributed by atoms with Crippen LogP contribution in [0.1, 0.15) is 78.7 Å². The summed E-state index contributed by atoms with van der Waals surface area (Å²) in [4.78, 5) is 21.6. The number of halogens is 3. The van der Waals surface area contributed by atoms with Crippen LogP contribution >= 0.6 is 0 Å². The number of aromatic nitrogens is 3. The van der Waals surface area contributed by atoms with E-state index in [0.717, 1.165) is 57.1 Å². The molecule has 1 aliphatic heterocycles. The van der Waals surface area contributed by atoms with Crippen molar-refractivity contribution < 1.29 is 32.3 Å². The molecule has 1 N–H and O–H groups in total. The number of fused-ring (bicyclic) bond motifs is 2. The summed E-state index contributed by atoms with van der Waals surface area (Å²) in [6.07, 6.45) is 3.20. The van der Waals surface area contributed by atoms with Gasteiger partial charge in [0.25, 0.3) is 0 Å². The van der Waals surface area contributed by atoms with E-state index in [0.29, 0.717) is 23.2 Å². The third-order valence-corrected chi connectivity index (χ3v) is 8.60. The van der Waals surface area contributed by atoms with Crippen molar-refractivity contribution in [1.29, 1.82) is 0 Å². The van der Waals surface area contributed by atoms with Crippen molar-refractivity contribution in [3.05, 3.63) is 59.2 Å². The molecule has 2 bridgehead atoms. The molecule has 2 saturated carbocycles. The number of anilines is 1. The Balaban J connectivity index is 1.24. The van der Waals surface area contributed by atoms with Crippen LogP contribution in [0.2, 0.25) is 0 Å². The van der Waals surface area contributed by atoms with Crippen molar-refractivity contribution in [2.75, 3.05) is 11.4 Å². The molecule has 3 aromatic heterocycles. The summed E-state index contributed by atoms with van der Waals surface area (Å²) in [5.41, 5.74) is -0.217. The summed E-state index contributed by atoms with van der Waals surface area (Å²) in [5, 5.41) is 13.3. The van der Waals surface area contributed by atoms with Gasteiger partial charge in [0.1, 0.15) is 17.3 Å². The molecule has 11 heteroatoms. The molecule has 2 unspecified atom stereocenters. The van der Waals surface area contributed by atoms with E-state index in [2.05, 4.69) is 26.9 Å². The Bertz CT molecular complexity index is 1370. The zero-order chi connectivity index (χ0) is 28.0. The van der Waals surface area contributed by atoms with Gasteiger partial charge < -0.3 is 19.3 Å². The molecule has 6 rings (SSSR count). The van der Waals surface area contributed by atoms with E-state index in [-0.39, 0.29) is 41.5 Å². The Labute approximate surface area is 229 Å². The van der Waals surface area contributed by atoms with E-state index < -0.39 is 17.8 Å². The standard InChI is InChI=1S/C29H31F3N4O4/c1-16-8-10-36(24-7-6-18(14-34-24)28(37)38)20-11-19(16)12-21(13-20)39-15-23-25(35-40-26(23)17-4-5-17)22-3-2-9-33-27(22)29(30,31)32/h2-3,6-7,9,14,16-17,19-21H,4-5,8,10-13,15H2,1H3,(H,37,38)/t16-,19?,20?,21-/m1/s1. The number of ether oxygens (including phenoxy) is 1. The summed E-state index contributed by atoms with van der Waals surface area (Å²) >= 11 is 0. The van der Waals surface area contributed by atoms with Crippen LogP contribution in [0.3, 0.4) is 0 Å². The highest BCUT2D eigenvalue weighted by Crippen LogP contribution is 2.46. The molecule has 3 fully saturated rings. The molecule has 2 aliphatic carbocycles. The van der Waals surface area contributed by atoms with Gasteiger partial charge in [0.05, 0.1) is 18.3 Å². The lowest BCUT2D eigenvalue weighted by Gasteiger charge is -2.39. The molecule has 3 aromatic rings. The van der Waals surface area contributed by atoms with Gasteiger partial charge in [-0.3, -0.25) is 4.98 Å². The molecule has 40 heavy (non-hydrogen) atoms. The summed E-state index contributed by atoms with van der Waals surface area (Å²) in [5.74, 6) is 1.40. The van der Waals surface area contributed by atoms with Crippen molar-refractivity contribution in [1.82, 2.24) is 15.1 Å². The third kappa shape index (κ3) is 5.31. The Morgan fingerprint density at radius 1 is 1.15 bits per heavy atom. The molecular weight excluding hydrogens is 525 g/mol. The third-order valence-electron chi connectivity index (χ3n) is 8.60. The molecule has 0 radical (unpaired) electrons. The van der Waals surface area contributed by atoms with E-state index in [1.807, 2.05) is 0 Å². The average Bonchev–Trinajstić information content (AvgIpc) is 3.71. The van der Waals surface area contributed by atoms with Crippen molar-refractivity contribution in [3.8, 4) is 11.3 Å². The minimum absolute atomic E-state index is 0.0998. The van der Waals surface area contributed by atoms with Crippen LogP contribution in [0.15, 0.2) is 41.2 Å². The molecule has 8 nitrogen and oxygen atoms in total. The lowest BCUT2D eigenvalue weighted by Crippen LogP contribution is -2.42. The first kappa shape index (κ1) is 26.7. The van der Waals surface area contributed by atoms with Gasteiger partial charge >= 0.3 is 12.1 Å². The smallest absolute Gasteiger partial charge is 0.434 e. The number of pyridine rings is 2. The highest BCUT2D eigenvalue weighted by atomic mass is 19.4. The highest BCUT2D eigenvalue weighted by Gasteiger charge is 2.41. The van der Waals surface area contributed by atoms with Crippen LogP contribution < -0.4 is 4.90 Å². The predicted molar refractivity (Wildman–Crippen MR) is 139 cm³/mol. The molecule has 4 atom stereocenters. The van der Waals surface area contributed by atoms with Crippen molar-refractivity contribution in [2.24, 2.45) is 11.8 Å². The molecular formula is C29H31F3N4O4. The molecule has 0 aromatic carbocycles. The van der Waals surface area contributed by atoms with E-state index in [4.69, 9.17) is 9.26 Å². The summed E-state index contributed by atoms with van der Waals surface area (Å²) in [6.45, 7) is 3.18. The second-order valence-corrected chi connectivity index (χ2v) is 11.3. The van der Waals surface area contributed by atoms with Gasteiger partial charge in [-0.05, 0) is 74.6 Å². The minimum Gasteiger partial charge on any atom is -0.478 e. The number of hydrogen-bond acceptors (Lipinski definition) is 7. The van der Waals surface area contributed by atoms with Gasteiger partial charge in [-0.15, -0.1) is 0 Å². The van der Waals surface area contributed by atoms with Gasteiger partial charge in [-0.1, -0.05) is 12.1 Å². The van der Waals surface area contributed by atoms with E-state index >= 15 is 0 Å². The fourth-order valence-corrected chi connectivity index (χ4v) is 6.24. The monoisotopic (exact) mass is 556 g/mol. The maximum Gasteiger partial charge on any atom is 0.434 e.